The number of carbonyl (C=O) groups is 1. The van der Waals surface area contributed by atoms with Crippen LogP contribution in [0.3, 0.4) is 0 Å². The first-order valence-electron chi connectivity index (χ1n) is 8.67. The van der Waals surface area contributed by atoms with Gasteiger partial charge < -0.3 is 9.72 Å². The van der Waals surface area contributed by atoms with Gasteiger partial charge in [-0.05, 0) is 29.8 Å². The van der Waals surface area contributed by atoms with E-state index in [2.05, 4.69) is 22.2 Å². The number of ether oxygens (including phenoxy) is 1. The number of nitrogens with one attached hydrogen (secondary N) is 1. The van der Waals surface area contributed by atoms with Crippen molar-refractivity contribution in [3.8, 4) is 11.1 Å². The number of nitrogens with zero attached hydrogens (tertiary/aromatic N) is 2. The van der Waals surface area contributed by atoms with E-state index in [1.165, 1.54) is 22.4 Å². The lowest BCUT2D eigenvalue weighted by Gasteiger charge is -2.06. The smallest absolute Gasteiger partial charge is 0.303 e. The Kier molecular flexibility index (Phi) is 4.99. The molecule has 0 aliphatic heterocycles. The van der Waals surface area contributed by atoms with Crippen LogP contribution in [-0.4, -0.2) is 20.6 Å². The molecule has 0 radical (unpaired) electrons. The van der Waals surface area contributed by atoms with Crippen LogP contribution in [0.15, 0.2) is 81.4 Å². The number of rotatable bonds is 5. The van der Waals surface area contributed by atoms with Crippen molar-refractivity contribution >= 4 is 23.4 Å². The molecule has 0 bridgehead atoms. The molecule has 2 aromatic heterocycles. The molecular formula is C21H17N3O3S. The summed E-state index contributed by atoms with van der Waals surface area (Å²) in [5, 5.41) is 4.18. The molecule has 0 saturated heterocycles. The van der Waals surface area contributed by atoms with Crippen molar-refractivity contribution in [2.45, 2.75) is 23.3 Å². The molecule has 0 unspecified atom stereocenters. The number of hydrogen-bond donors (Lipinski definition) is 1. The highest BCUT2D eigenvalue weighted by atomic mass is 32.2. The minimum absolute atomic E-state index is 0.0122. The Morgan fingerprint density at radius 2 is 1.82 bits per heavy atom. The number of aromatic amines is 1. The first-order chi connectivity index (χ1) is 13.6. The molecule has 7 heteroatoms. The SMILES string of the molecule is CC(=O)OCc1cc(=O)n2ncc(-c3ccc(Sc4ccccc4)cc3)c2[nH]1. The fraction of sp³-hybridized carbons (Fsp3) is 0.0952. The van der Waals surface area contributed by atoms with Gasteiger partial charge in [0.15, 0.2) is 0 Å². The Morgan fingerprint density at radius 3 is 2.54 bits per heavy atom. The van der Waals surface area contributed by atoms with E-state index in [0.717, 1.165) is 16.0 Å². The summed E-state index contributed by atoms with van der Waals surface area (Å²) in [6.07, 6.45) is 1.65. The zero-order chi connectivity index (χ0) is 19.5. The molecule has 0 amide bonds. The van der Waals surface area contributed by atoms with Gasteiger partial charge in [-0.15, -0.1) is 0 Å². The predicted octanol–water partition coefficient (Wildman–Crippen LogP) is 3.90. The van der Waals surface area contributed by atoms with E-state index in [1.54, 1.807) is 18.0 Å². The number of benzene rings is 2. The first kappa shape index (κ1) is 18.1. The fourth-order valence-electron chi connectivity index (χ4n) is 2.83. The summed E-state index contributed by atoms with van der Waals surface area (Å²) < 4.78 is 6.29. The Labute approximate surface area is 165 Å². The summed E-state index contributed by atoms with van der Waals surface area (Å²) in [7, 11) is 0. The van der Waals surface area contributed by atoms with Gasteiger partial charge in [0.1, 0.15) is 12.3 Å². The van der Waals surface area contributed by atoms with Gasteiger partial charge in [0.05, 0.1) is 11.9 Å². The summed E-state index contributed by atoms with van der Waals surface area (Å²) in [6.45, 7) is 1.34. The Morgan fingerprint density at radius 1 is 1.11 bits per heavy atom. The van der Waals surface area contributed by atoms with Crippen LogP contribution in [0.4, 0.5) is 0 Å². The Balaban J connectivity index is 1.65. The van der Waals surface area contributed by atoms with Gasteiger partial charge in [-0.25, -0.2) is 0 Å². The lowest BCUT2D eigenvalue weighted by atomic mass is 10.1. The van der Waals surface area contributed by atoms with Crippen LogP contribution in [-0.2, 0) is 16.1 Å². The van der Waals surface area contributed by atoms with Gasteiger partial charge in [-0.2, -0.15) is 9.61 Å². The second-order valence-corrected chi connectivity index (χ2v) is 7.32. The van der Waals surface area contributed by atoms with Crippen molar-refractivity contribution < 1.29 is 9.53 Å². The summed E-state index contributed by atoms with van der Waals surface area (Å²) in [6, 6.07) is 19.6. The summed E-state index contributed by atoms with van der Waals surface area (Å²) >= 11 is 1.68. The average molecular weight is 391 g/mol. The summed E-state index contributed by atoms with van der Waals surface area (Å²) in [5.41, 5.74) is 2.55. The van der Waals surface area contributed by atoms with E-state index in [9.17, 15) is 9.59 Å². The molecule has 1 N–H and O–H groups in total. The maximum absolute atomic E-state index is 12.3. The van der Waals surface area contributed by atoms with Crippen molar-refractivity contribution in [1.82, 2.24) is 14.6 Å². The molecule has 0 saturated carbocycles. The molecule has 28 heavy (non-hydrogen) atoms. The monoisotopic (exact) mass is 391 g/mol. The topological polar surface area (TPSA) is 76.5 Å². The van der Waals surface area contributed by atoms with Gasteiger partial charge in [0, 0.05) is 28.3 Å². The van der Waals surface area contributed by atoms with E-state index in [4.69, 9.17) is 4.74 Å². The molecule has 0 fully saturated rings. The van der Waals surface area contributed by atoms with Crippen LogP contribution in [0.5, 0.6) is 0 Å². The van der Waals surface area contributed by atoms with Gasteiger partial charge in [-0.3, -0.25) is 9.59 Å². The van der Waals surface area contributed by atoms with E-state index >= 15 is 0 Å². The van der Waals surface area contributed by atoms with Gasteiger partial charge in [0.25, 0.3) is 5.56 Å². The van der Waals surface area contributed by atoms with E-state index in [1.807, 2.05) is 42.5 Å². The van der Waals surface area contributed by atoms with Crippen LogP contribution >= 0.6 is 11.8 Å². The molecule has 4 rings (SSSR count). The molecular weight excluding hydrogens is 374 g/mol. The van der Waals surface area contributed by atoms with E-state index < -0.39 is 5.97 Å². The minimum atomic E-state index is -0.402. The van der Waals surface area contributed by atoms with Crippen LogP contribution in [0.2, 0.25) is 0 Å². The molecule has 0 aliphatic rings. The highest BCUT2D eigenvalue weighted by molar-refractivity contribution is 7.99. The molecule has 0 aliphatic carbocycles. The number of H-pyrrole nitrogens is 1. The average Bonchev–Trinajstić information content (AvgIpc) is 3.12. The summed E-state index contributed by atoms with van der Waals surface area (Å²) in [4.78, 5) is 28.8. The van der Waals surface area contributed by atoms with Crippen LogP contribution in [0.25, 0.3) is 16.8 Å². The van der Waals surface area contributed by atoms with Crippen molar-refractivity contribution in [3.05, 3.63) is 82.9 Å². The maximum Gasteiger partial charge on any atom is 0.303 e. The second kappa shape index (κ2) is 7.74. The normalized spacial score (nSPS) is 10.9. The number of esters is 1. The van der Waals surface area contributed by atoms with Crippen molar-refractivity contribution in [2.75, 3.05) is 0 Å². The fourth-order valence-corrected chi connectivity index (χ4v) is 3.67. The summed E-state index contributed by atoms with van der Waals surface area (Å²) in [5.74, 6) is -0.402. The molecule has 6 nitrogen and oxygen atoms in total. The molecule has 0 atom stereocenters. The zero-order valence-electron chi connectivity index (χ0n) is 15.1. The predicted molar refractivity (Wildman–Crippen MR) is 107 cm³/mol. The third-order valence-corrected chi connectivity index (χ3v) is 5.15. The Hall–Kier alpha value is -3.32. The molecule has 0 spiro atoms. The largest absolute Gasteiger partial charge is 0.459 e. The quantitative estimate of drug-likeness (QED) is 0.522. The third kappa shape index (κ3) is 3.84. The molecule has 2 aromatic carbocycles. The number of aromatic nitrogens is 3. The first-order valence-corrected chi connectivity index (χ1v) is 9.48. The standard InChI is InChI=1S/C21H17N3O3S/c1-14(25)27-13-16-11-20(26)24-21(23-16)19(12-22-24)15-7-9-18(10-8-15)28-17-5-3-2-4-6-17/h2-12,23H,13H2,1H3. The van der Waals surface area contributed by atoms with E-state index in [0.29, 0.717) is 11.3 Å². The van der Waals surface area contributed by atoms with Crippen LogP contribution < -0.4 is 5.56 Å². The molecule has 140 valence electrons. The highest BCUT2D eigenvalue weighted by Crippen LogP contribution is 2.30. The van der Waals surface area contributed by atoms with Gasteiger partial charge >= 0.3 is 5.97 Å². The van der Waals surface area contributed by atoms with Gasteiger partial charge in [-0.1, -0.05) is 42.1 Å². The Bertz CT molecular complexity index is 1180. The lowest BCUT2D eigenvalue weighted by Crippen LogP contribution is -2.16. The minimum Gasteiger partial charge on any atom is -0.459 e. The van der Waals surface area contributed by atoms with E-state index in [-0.39, 0.29) is 12.2 Å². The van der Waals surface area contributed by atoms with Crippen LogP contribution in [0, 0.1) is 0 Å². The molecule has 4 aromatic rings. The van der Waals surface area contributed by atoms with Crippen LogP contribution in [0.1, 0.15) is 12.6 Å². The number of fused-ring (bicyclic) bond motifs is 1. The zero-order valence-corrected chi connectivity index (χ0v) is 15.9. The van der Waals surface area contributed by atoms with Crippen molar-refractivity contribution in [2.24, 2.45) is 0 Å². The number of carbonyl (C=O) groups excluding carboxylic acids is 1. The number of hydrogen-bond acceptors (Lipinski definition) is 5. The van der Waals surface area contributed by atoms with Gasteiger partial charge in [0.2, 0.25) is 0 Å². The molecule has 2 heterocycles. The van der Waals surface area contributed by atoms with Crippen molar-refractivity contribution in [3.63, 3.8) is 0 Å². The highest BCUT2D eigenvalue weighted by Gasteiger charge is 2.11. The van der Waals surface area contributed by atoms with Crippen molar-refractivity contribution in [1.29, 1.82) is 0 Å². The second-order valence-electron chi connectivity index (χ2n) is 6.17. The maximum atomic E-state index is 12.3. The third-order valence-electron chi connectivity index (χ3n) is 4.13. The lowest BCUT2D eigenvalue weighted by molar-refractivity contribution is -0.142.